The van der Waals surface area contributed by atoms with Crippen LogP contribution >= 0.6 is 11.3 Å². The van der Waals surface area contributed by atoms with Gasteiger partial charge in [0.25, 0.3) is 5.91 Å². The van der Waals surface area contributed by atoms with E-state index in [1.165, 1.54) is 11.3 Å². The monoisotopic (exact) mass is 330 g/mol. The highest BCUT2D eigenvalue weighted by atomic mass is 32.1. The van der Waals surface area contributed by atoms with Gasteiger partial charge in [-0.25, -0.2) is 4.98 Å². The third kappa shape index (κ3) is 3.27. The number of carbonyl (C=O) groups is 2. The highest BCUT2D eigenvalue weighted by Gasteiger charge is 2.29. The first-order valence-electron chi connectivity index (χ1n) is 7.60. The number of carbonyl (C=O) groups excluding carboxylic acids is 1. The molecule has 5 nitrogen and oxygen atoms in total. The van der Waals surface area contributed by atoms with Crippen molar-refractivity contribution in [3.8, 4) is 10.6 Å². The van der Waals surface area contributed by atoms with E-state index in [0.29, 0.717) is 18.7 Å². The number of aromatic nitrogens is 1. The summed E-state index contributed by atoms with van der Waals surface area (Å²) in [5, 5.41) is 11.7. The first-order chi connectivity index (χ1) is 11.1. The number of aryl methyl sites for hydroxylation is 1. The second kappa shape index (κ2) is 6.50. The van der Waals surface area contributed by atoms with Gasteiger partial charge < -0.3 is 10.0 Å². The molecule has 0 bridgehead atoms. The Balaban J connectivity index is 1.79. The molecule has 0 radical (unpaired) electrons. The van der Waals surface area contributed by atoms with Crippen molar-refractivity contribution in [3.05, 3.63) is 40.9 Å². The molecule has 23 heavy (non-hydrogen) atoms. The fourth-order valence-electron chi connectivity index (χ4n) is 2.83. The second-order valence-electron chi connectivity index (χ2n) is 5.78. The fraction of sp³-hybridized carbons (Fsp3) is 0.353. The maximum atomic E-state index is 12.6. The number of aliphatic carboxylic acids is 1. The Morgan fingerprint density at radius 3 is 2.87 bits per heavy atom. The summed E-state index contributed by atoms with van der Waals surface area (Å²) < 4.78 is 0. The van der Waals surface area contributed by atoms with Crippen LogP contribution in [0.5, 0.6) is 0 Å². The summed E-state index contributed by atoms with van der Waals surface area (Å²) in [6, 6.07) is 7.93. The lowest BCUT2D eigenvalue weighted by Crippen LogP contribution is -2.42. The number of hydrogen-bond donors (Lipinski definition) is 1. The summed E-state index contributed by atoms with van der Waals surface area (Å²) in [4.78, 5) is 29.8. The highest BCUT2D eigenvalue weighted by Crippen LogP contribution is 2.27. The van der Waals surface area contributed by atoms with Crippen molar-refractivity contribution < 1.29 is 14.7 Å². The van der Waals surface area contributed by atoms with Crippen LogP contribution in [-0.4, -0.2) is 40.0 Å². The van der Waals surface area contributed by atoms with E-state index in [4.69, 9.17) is 5.11 Å². The van der Waals surface area contributed by atoms with Crippen LogP contribution in [0.25, 0.3) is 10.6 Å². The van der Waals surface area contributed by atoms with E-state index < -0.39 is 11.9 Å². The topological polar surface area (TPSA) is 70.5 Å². The van der Waals surface area contributed by atoms with E-state index in [2.05, 4.69) is 4.98 Å². The van der Waals surface area contributed by atoms with Crippen molar-refractivity contribution in [3.63, 3.8) is 0 Å². The van der Waals surface area contributed by atoms with Gasteiger partial charge in [0.1, 0.15) is 10.7 Å². The third-order valence-electron chi connectivity index (χ3n) is 4.16. The molecule has 1 aliphatic heterocycles. The predicted molar refractivity (Wildman–Crippen MR) is 88.6 cm³/mol. The Morgan fingerprint density at radius 2 is 2.13 bits per heavy atom. The normalized spacial score (nSPS) is 18.0. The van der Waals surface area contributed by atoms with Gasteiger partial charge >= 0.3 is 5.97 Å². The summed E-state index contributed by atoms with van der Waals surface area (Å²) in [6.45, 7) is 2.88. The van der Waals surface area contributed by atoms with Crippen LogP contribution in [0.3, 0.4) is 0 Å². The van der Waals surface area contributed by atoms with Crippen LogP contribution in [0.2, 0.25) is 0 Å². The second-order valence-corrected chi connectivity index (χ2v) is 6.64. The van der Waals surface area contributed by atoms with Gasteiger partial charge in [0, 0.05) is 24.0 Å². The van der Waals surface area contributed by atoms with Crippen molar-refractivity contribution in [2.45, 2.75) is 19.8 Å². The van der Waals surface area contributed by atoms with Gasteiger partial charge in [-0.15, -0.1) is 11.3 Å². The molecule has 1 amide bonds. The van der Waals surface area contributed by atoms with Crippen molar-refractivity contribution in [2.75, 3.05) is 13.1 Å². The van der Waals surface area contributed by atoms with Crippen LogP contribution in [0.15, 0.2) is 29.6 Å². The lowest BCUT2D eigenvalue weighted by atomic mass is 9.98. The molecule has 2 heterocycles. The van der Waals surface area contributed by atoms with Crippen LogP contribution in [0.4, 0.5) is 0 Å². The molecule has 0 unspecified atom stereocenters. The minimum absolute atomic E-state index is 0.174. The average molecular weight is 330 g/mol. The molecule has 0 aliphatic carbocycles. The van der Waals surface area contributed by atoms with Gasteiger partial charge in [-0.2, -0.15) is 0 Å². The Hall–Kier alpha value is -2.21. The van der Waals surface area contributed by atoms with Crippen LogP contribution in [0.1, 0.15) is 28.9 Å². The summed E-state index contributed by atoms with van der Waals surface area (Å²) >= 11 is 1.44. The lowest BCUT2D eigenvalue weighted by Gasteiger charge is -2.30. The molecule has 2 aromatic rings. The SMILES string of the molecule is Cc1ccccc1-c1nc(C(=O)N2CCC[C@H](C(=O)O)C2)cs1. The van der Waals surface area contributed by atoms with Crippen molar-refractivity contribution >= 4 is 23.2 Å². The zero-order valence-electron chi connectivity index (χ0n) is 12.9. The summed E-state index contributed by atoms with van der Waals surface area (Å²) in [7, 11) is 0. The van der Waals surface area contributed by atoms with E-state index in [9.17, 15) is 9.59 Å². The fourth-order valence-corrected chi connectivity index (χ4v) is 3.72. The van der Waals surface area contributed by atoms with E-state index in [0.717, 1.165) is 22.6 Å². The lowest BCUT2D eigenvalue weighted by molar-refractivity contribution is -0.143. The minimum atomic E-state index is -0.832. The highest BCUT2D eigenvalue weighted by molar-refractivity contribution is 7.13. The molecule has 1 fully saturated rings. The smallest absolute Gasteiger partial charge is 0.308 e. The first kappa shape index (κ1) is 15.7. The average Bonchev–Trinajstić information content (AvgIpc) is 3.04. The molecule has 1 atom stereocenters. The van der Waals surface area contributed by atoms with Crippen LogP contribution < -0.4 is 0 Å². The molecule has 0 saturated carbocycles. The molecular weight excluding hydrogens is 312 g/mol. The van der Waals surface area contributed by atoms with Gasteiger partial charge in [0.05, 0.1) is 5.92 Å². The van der Waals surface area contributed by atoms with E-state index in [-0.39, 0.29) is 12.5 Å². The van der Waals surface area contributed by atoms with Gasteiger partial charge in [0.15, 0.2) is 0 Å². The summed E-state index contributed by atoms with van der Waals surface area (Å²) in [5.74, 6) is -1.48. The number of carboxylic acids is 1. The maximum Gasteiger partial charge on any atom is 0.308 e. The molecule has 0 spiro atoms. The number of nitrogens with zero attached hydrogens (tertiary/aromatic N) is 2. The Morgan fingerprint density at radius 1 is 1.35 bits per heavy atom. The quantitative estimate of drug-likeness (QED) is 0.939. The van der Waals surface area contributed by atoms with Crippen LogP contribution in [0, 0.1) is 12.8 Å². The number of carboxylic acid groups (broad SMARTS) is 1. The number of hydrogen-bond acceptors (Lipinski definition) is 4. The van der Waals surface area contributed by atoms with E-state index >= 15 is 0 Å². The Labute approximate surface area is 138 Å². The standard InChI is InChI=1S/C17H18N2O3S/c1-11-5-2-3-7-13(11)15-18-14(10-23-15)16(20)19-8-4-6-12(9-19)17(21)22/h2-3,5,7,10,12H,4,6,8-9H2,1H3,(H,21,22)/t12-/m0/s1. The largest absolute Gasteiger partial charge is 0.481 e. The summed E-state index contributed by atoms with van der Waals surface area (Å²) in [5.41, 5.74) is 2.54. The molecular formula is C17H18N2O3S. The molecule has 3 rings (SSSR count). The predicted octanol–water partition coefficient (Wildman–Crippen LogP) is 3.06. The number of rotatable bonds is 3. The summed E-state index contributed by atoms with van der Waals surface area (Å²) in [6.07, 6.45) is 1.35. The number of benzene rings is 1. The number of likely N-dealkylation sites (tertiary alicyclic amines) is 1. The molecule has 6 heteroatoms. The minimum Gasteiger partial charge on any atom is -0.481 e. The Kier molecular flexibility index (Phi) is 4.43. The number of amides is 1. The van der Waals surface area contributed by atoms with E-state index in [1.807, 2.05) is 31.2 Å². The van der Waals surface area contributed by atoms with Crippen molar-refractivity contribution in [1.82, 2.24) is 9.88 Å². The van der Waals surface area contributed by atoms with E-state index in [1.54, 1.807) is 10.3 Å². The molecule has 1 aromatic heterocycles. The van der Waals surface area contributed by atoms with Gasteiger partial charge in [-0.1, -0.05) is 24.3 Å². The van der Waals surface area contributed by atoms with Crippen LogP contribution in [-0.2, 0) is 4.79 Å². The number of piperidine rings is 1. The van der Waals surface area contributed by atoms with Crippen molar-refractivity contribution in [2.24, 2.45) is 5.92 Å². The third-order valence-corrected chi connectivity index (χ3v) is 5.03. The van der Waals surface area contributed by atoms with Gasteiger partial charge in [0.2, 0.25) is 0 Å². The number of thiazole rings is 1. The van der Waals surface area contributed by atoms with Crippen molar-refractivity contribution in [1.29, 1.82) is 0 Å². The van der Waals surface area contributed by atoms with Gasteiger partial charge in [-0.05, 0) is 25.3 Å². The van der Waals surface area contributed by atoms with Gasteiger partial charge in [-0.3, -0.25) is 9.59 Å². The zero-order valence-corrected chi connectivity index (χ0v) is 13.7. The molecule has 1 aromatic carbocycles. The molecule has 1 aliphatic rings. The molecule has 1 saturated heterocycles. The molecule has 1 N–H and O–H groups in total. The first-order valence-corrected chi connectivity index (χ1v) is 8.48. The molecule has 120 valence electrons. The maximum absolute atomic E-state index is 12.6. The Bertz CT molecular complexity index is 741. The zero-order chi connectivity index (χ0) is 16.4.